The standard InChI is InChI=1S/C16H23NO3/c1-10(18)12-8-11(17)6-7-13(12)19-14-9-15(2,3)20-16(14,4)5/h6-8,14H,9,17H2,1-5H3. The molecule has 0 amide bonds. The van der Waals surface area contributed by atoms with Crippen LogP contribution >= 0.6 is 0 Å². The second-order valence-corrected chi connectivity index (χ2v) is 6.59. The average molecular weight is 277 g/mol. The van der Waals surface area contributed by atoms with E-state index in [1.807, 2.05) is 27.7 Å². The number of anilines is 1. The van der Waals surface area contributed by atoms with Crippen molar-refractivity contribution >= 4 is 11.5 Å². The number of ether oxygens (including phenoxy) is 2. The van der Waals surface area contributed by atoms with Crippen LogP contribution in [-0.4, -0.2) is 23.1 Å². The molecule has 1 saturated heterocycles. The van der Waals surface area contributed by atoms with Crippen LogP contribution in [0.2, 0.25) is 0 Å². The number of ketones is 1. The van der Waals surface area contributed by atoms with Crippen molar-refractivity contribution in [1.82, 2.24) is 0 Å². The van der Waals surface area contributed by atoms with Crippen molar-refractivity contribution in [2.45, 2.75) is 58.3 Å². The predicted octanol–water partition coefficient (Wildman–Crippen LogP) is 3.20. The van der Waals surface area contributed by atoms with Gasteiger partial charge in [-0.2, -0.15) is 0 Å². The Morgan fingerprint density at radius 3 is 2.50 bits per heavy atom. The highest BCUT2D eigenvalue weighted by molar-refractivity contribution is 5.97. The summed E-state index contributed by atoms with van der Waals surface area (Å²) in [7, 11) is 0. The van der Waals surface area contributed by atoms with Gasteiger partial charge in [0.1, 0.15) is 17.5 Å². The summed E-state index contributed by atoms with van der Waals surface area (Å²) in [6.45, 7) is 9.64. The van der Waals surface area contributed by atoms with Gasteiger partial charge in [0.05, 0.1) is 11.2 Å². The topological polar surface area (TPSA) is 61.6 Å². The molecule has 0 aliphatic carbocycles. The van der Waals surface area contributed by atoms with Crippen LogP contribution in [0, 0.1) is 0 Å². The number of carbonyl (C=O) groups excluding carboxylic acids is 1. The van der Waals surface area contributed by atoms with E-state index in [2.05, 4.69) is 0 Å². The van der Waals surface area contributed by atoms with Crippen LogP contribution < -0.4 is 10.5 Å². The molecule has 0 aromatic heterocycles. The van der Waals surface area contributed by atoms with E-state index in [0.717, 1.165) is 6.42 Å². The monoisotopic (exact) mass is 277 g/mol. The molecule has 1 aromatic rings. The van der Waals surface area contributed by atoms with Crippen LogP contribution in [0.25, 0.3) is 0 Å². The van der Waals surface area contributed by atoms with Crippen molar-refractivity contribution in [2.75, 3.05) is 5.73 Å². The first kappa shape index (κ1) is 14.9. The van der Waals surface area contributed by atoms with E-state index >= 15 is 0 Å². The molecule has 2 rings (SSSR count). The molecule has 1 aliphatic heterocycles. The summed E-state index contributed by atoms with van der Waals surface area (Å²) in [4.78, 5) is 11.7. The lowest BCUT2D eigenvalue weighted by Gasteiger charge is -2.28. The van der Waals surface area contributed by atoms with E-state index in [0.29, 0.717) is 17.0 Å². The molecule has 1 fully saturated rings. The molecule has 0 radical (unpaired) electrons. The highest BCUT2D eigenvalue weighted by Gasteiger charge is 2.47. The van der Waals surface area contributed by atoms with Crippen molar-refractivity contribution in [1.29, 1.82) is 0 Å². The van der Waals surface area contributed by atoms with E-state index in [1.165, 1.54) is 6.92 Å². The van der Waals surface area contributed by atoms with E-state index in [4.69, 9.17) is 15.2 Å². The molecule has 0 saturated carbocycles. The number of carbonyl (C=O) groups is 1. The number of nitrogens with two attached hydrogens (primary N) is 1. The Bertz CT molecular complexity index is 535. The average Bonchev–Trinajstić information content (AvgIpc) is 2.48. The Kier molecular flexibility index (Phi) is 3.54. The first-order valence-electron chi connectivity index (χ1n) is 6.88. The Labute approximate surface area is 120 Å². The fourth-order valence-electron chi connectivity index (χ4n) is 2.77. The number of hydrogen-bond donors (Lipinski definition) is 1. The minimum Gasteiger partial charge on any atom is -0.487 e. The van der Waals surface area contributed by atoms with Gasteiger partial charge in [0.2, 0.25) is 0 Å². The SMILES string of the molecule is CC(=O)c1cc(N)ccc1OC1CC(C)(C)OC1(C)C. The van der Waals surface area contributed by atoms with Gasteiger partial charge in [-0.1, -0.05) is 0 Å². The number of rotatable bonds is 3. The van der Waals surface area contributed by atoms with Gasteiger partial charge in [0.25, 0.3) is 0 Å². The van der Waals surface area contributed by atoms with Gasteiger partial charge in [0.15, 0.2) is 5.78 Å². The van der Waals surface area contributed by atoms with Gasteiger partial charge in [-0.3, -0.25) is 4.79 Å². The maximum atomic E-state index is 11.7. The minimum absolute atomic E-state index is 0.0525. The van der Waals surface area contributed by atoms with Crippen LogP contribution in [0.5, 0.6) is 5.75 Å². The molecule has 0 spiro atoms. The summed E-state index contributed by atoms with van der Waals surface area (Å²) in [6, 6.07) is 5.16. The molecule has 1 heterocycles. The maximum Gasteiger partial charge on any atom is 0.163 e. The molecule has 1 aliphatic rings. The van der Waals surface area contributed by atoms with Crippen LogP contribution in [0.4, 0.5) is 5.69 Å². The number of Topliss-reactive ketones (excluding diaryl/α,β-unsaturated/α-hetero) is 1. The minimum atomic E-state index is -0.390. The van der Waals surface area contributed by atoms with Crippen LogP contribution in [-0.2, 0) is 4.74 Å². The van der Waals surface area contributed by atoms with Crippen LogP contribution in [0.1, 0.15) is 51.4 Å². The molecular weight excluding hydrogens is 254 g/mol. The lowest BCUT2D eigenvalue weighted by molar-refractivity contribution is -0.0846. The molecule has 2 N–H and O–H groups in total. The lowest BCUT2D eigenvalue weighted by Crippen LogP contribution is -2.37. The van der Waals surface area contributed by atoms with Gasteiger partial charge in [-0.15, -0.1) is 0 Å². The molecule has 1 aromatic carbocycles. The van der Waals surface area contributed by atoms with E-state index in [1.54, 1.807) is 18.2 Å². The predicted molar refractivity (Wildman–Crippen MR) is 79.1 cm³/mol. The molecular formula is C16H23NO3. The molecule has 1 atom stereocenters. The number of nitrogen functional groups attached to an aromatic ring is 1. The quantitative estimate of drug-likeness (QED) is 0.681. The molecule has 4 nitrogen and oxygen atoms in total. The third-order valence-electron chi connectivity index (χ3n) is 3.64. The molecule has 4 heteroatoms. The zero-order valence-corrected chi connectivity index (χ0v) is 12.8. The van der Waals surface area contributed by atoms with Gasteiger partial charge in [0, 0.05) is 12.1 Å². The largest absolute Gasteiger partial charge is 0.487 e. The zero-order chi connectivity index (χ0) is 15.1. The Morgan fingerprint density at radius 2 is 2.00 bits per heavy atom. The fraction of sp³-hybridized carbons (Fsp3) is 0.562. The highest BCUT2D eigenvalue weighted by atomic mass is 16.6. The van der Waals surface area contributed by atoms with Gasteiger partial charge in [-0.05, 0) is 52.8 Å². The van der Waals surface area contributed by atoms with Gasteiger partial charge < -0.3 is 15.2 Å². The first-order valence-corrected chi connectivity index (χ1v) is 6.88. The summed E-state index contributed by atoms with van der Waals surface area (Å²) in [5.74, 6) is 0.523. The van der Waals surface area contributed by atoms with Crippen molar-refractivity contribution in [2.24, 2.45) is 0 Å². The first-order chi connectivity index (χ1) is 9.11. The molecule has 0 bridgehead atoms. The van der Waals surface area contributed by atoms with Crippen LogP contribution in [0.15, 0.2) is 18.2 Å². The van der Waals surface area contributed by atoms with E-state index in [9.17, 15) is 4.79 Å². The Morgan fingerprint density at radius 1 is 1.35 bits per heavy atom. The van der Waals surface area contributed by atoms with Gasteiger partial charge >= 0.3 is 0 Å². The normalized spacial score (nSPS) is 23.6. The van der Waals surface area contributed by atoms with Crippen molar-refractivity contribution in [3.05, 3.63) is 23.8 Å². The number of hydrogen-bond acceptors (Lipinski definition) is 4. The molecule has 1 unspecified atom stereocenters. The summed E-state index contributed by atoms with van der Waals surface area (Å²) >= 11 is 0. The second kappa shape index (κ2) is 4.77. The number of benzene rings is 1. The maximum absolute atomic E-state index is 11.7. The third-order valence-corrected chi connectivity index (χ3v) is 3.64. The summed E-state index contributed by atoms with van der Waals surface area (Å²) in [5.41, 5.74) is 6.20. The van der Waals surface area contributed by atoms with Crippen LogP contribution in [0.3, 0.4) is 0 Å². The van der Waals surface area contributed by atoms with E-state index < -0.39 is 0 Å². The lowest BCUT2D eigenvalue weighted by atomic mass is 9.97. The summed E-state index contributed by atoms with van der Waals surface area (Å²) < 4.78 is 12.1. The van der Waals surface area contributed by atoms with Gasteiger partial charge in [-0.25, -0.2) is 0 Å². The molecule has 110 valence electrons. The van der Waals surface area contributed by atoms with Crippen molar-refractivity contribution in [3.63, 3.8) is 0 Å². The molecule has 20 heavy (non-hydrogen) atoms. The smallest absolute Gasteiger partial charge is 0.163 e. The zero-order valence-electron chi connectivity index (χ0n) is 12.8. The third kappa shape index (κ3) is 2.96. The summed E-state index contributed by atoms with van der Waals surface area (Å²) in [5, 5.41) is 0. The summed E-state index contributed by atoms with van der Waals surface area (Å²) in [6.07, 6.45) is 0.682. The fourth-order valence-corrected chi connectivity index (χ4v) is 2.77. The Hall–Kier alpha value is -1.55. The Balaban J connectivity index is 2.29. The second-order valence-electron chi connectivity index (χ2n) is 6.59. The van der Waals surface area contributed by atoms with Crippen molar-refractivity contribution < 1.29 is 14.3 Å². The van der Waals surface area contributed by atoms with Crippen molar-refractivity contribution in [3.8, 4) is 5.75 Å². The highest BCUT2D eigenvalue weighted by Crippen LogP contribution is 2.40. The van der Waals surface area contributed by atoms with E-state index in [-0.39, 0.29) is 23.1 Å².